The first-order valence-corrected chi connectivity index (χ1v) is 8.24. The molecule has 13 heteroatoms. The average molecular weight is 426 g/mol. The Morgan fingerprint density at radius 3 is 2.44 bits per heavy atom. The summed E-state index contributed by atoms with van der Waals surface area (Å²) in [5.41, 5.74) is -6.35. The first-order valence-electron chi connectivity index (χ1n) is 7.48. The average Bonchev–Trinajstić information content (AvgIpc) is 2.99. The number of carbonyl (C=O) groups is 2. The van der Waals surface area contributed by atoms with E-state index in [9.17, 15) is 27.2 Å². The molecule has 0 saturated carbocycles. The molecule has 3 heterocycles. The van der Waals surface area contributed by atoms with Crippen LogP contribution in [0.4, 0.5) is 23.5 Å². The van der Waals surface area contributed by atoms with Crippen LogP contribution in [-0.4, -0.2) is 46.3 Å². The molecule has 1 aromatic heterocycles. The van der Waals surface area contributed by atoms with Crippen molar-refractivity contribution in [2.75, 3.05) is 18.4 Å². The number of benzene rings is 1. The monoisotopic (exact) mass is 425 g/mol. The number of rotatable bonds is 2. The van der Waals surface area contributed by atoms with Crippen LogP contribution in [0, 0.1) is 0 Å². The predicted octanol–water partition coefficient (Wildman–Crippen LogP) is 1.94. The van der Waals surface area contributed by atoms with Gasteiger partial charge in [-0.3, -0.25) is 19.5 Å². The molecule has 2 amide bonds. The van der Waals surface area contributed by atoms with Gasteiger partial charge < -0.3 is 10.6 Å². The number of imidazole rings is 1. The van der Waals surface area contributed by atoms with Crippen LogP contribution >= 0.6 is 23.2 Å². The third-order valence-electron chi connectivity index (χ3n) is 4.51. The Morgan fingerprint density at radius 1 is 1.26 bits per heavy atom. The van der Waals surface area contributed by atoms with Gasteiger partial charge in [-0.2, -0.15) is 13.2 Å². The Balaban J connectivity index is 1.94. The van der Waals surface area contributed by atoms with E-state index < -0.39 is 48.4 Å². The molecular weight excluding hydrogens is 417 g/mol. The van der Waals surface area contributed by atoms with Crippen molar-refractivity contribution in [1.29, 1.82) is 0 Å². The Morgan fingerprint density at radius 2 is 1.89 bits per heavy atom. The summed E-state index contributed by atoms with van der Waals surface area (Å²) in [4.78, 5) is 28.4. The first-order chi connectivity index (χ1) is 12.5. The molecule has 1 fully saturated rings. The van der Waals surface area contributed by atoms with Crippen molar-refractivity contribution >= 4 is 52.0 Å². The maximum Gasteiger partial charge on any atom is 0.440 e. The molecule has 4 rings (SSSR count). The number of anilines is 1. The number of amides is 2. The van der Waals surface area contributed by atoms with Gasteiger partial charge in [0.25, 0.3) is 17.5 Å². The normalized spacial score (nSPS) is 23.7. The maximum absolute atomic E-state index is 14.3. The van der Waals surface area contributed by atoms with Crippen LogP contribution < -0.4 is 16.0 Å². The maximum atomic E-state index is 14.3. The highest BCUT2D eigenvalue weighted by Gasteiger charge is 2.69. The smallest absolute Gasteiger partial charge is 0.314 e. The van der Waals surface area contributed by atoms with E-state index in [-0.39, 0.29) is 21.1 Å². The zero-order valence-corrected chi connectivity index (χ0v) is 14.6. The topological polar surface area (TPSA) is 88.1 Å². The van der Waals surface area contributed by atoms with Crippen LogP contribution in [0.5, 0.6) is 0 Å². The van der Waals surface area contributed by atoms with E-state index in [1.807, 2.05) is 5.32 Å². The molecule has 1 aromatic carbocycles. The molecule has 144 valence electrons. The number of hydrogen-bond acceptors (Lipinski definition) is 4. The largest absolute Gasteiger partial charge is 0.440 e. The van der Waals surface area contributed by atoms with Crippen molar-refractivity contribution < 1.29 is 27.2 Å². The summed E-state index contributed by atoms with van der Waals surface area (Å²) >= 11 is 11.7. The first kappa shape index (κ1) is 18.3. The summed E-state index contributed by atoms with van der Waals surface area (Å²) < 4.78 is 57.0. The third-order valence-corrected chi connectivity index (χ3v) is 5.23. The Hall–Kier alpha value is -2.11. The molecule has 2 aliphatic heterocycles. The molecule has 2 aromatic rings. The lowest BCUT2D eigenvalue weighted by Crippen LogP contribution is -2.71. The van der Waals surface area contributed by atoms with E-state index >= 15 is 0 Å². The molecule has 0 bridgehead atoms. The molecule has 0 radical (unpaired) electrons. The van der Waals surface area contributed by atoms with E-state index in [0.29, 0.717) is 4.57 Å². The van der Waals surface area contributed by atoms with Gasteiger partial charge in [-0.1, -0.05) is 23.2 Å². The van der Waals surface area contributed by atoms with Crippen LogP contribution in [0.25, 0.3) is 11.0 Å². The number of fused-ring (bicyclic) bond motifs is 3. The minimum absolute atomic E-state index is 0.00236. The van der Waals surface area contributed by atoms with Crippen LogP contribution in [-0.2, 0) is 15.3 Å². The lowest BCUT2D eigenvalue weighted by molar-refractivity contribution is -0.219. The minimum Gasteiger partial charge on any atom is -0.314 e. The second-order valence-electron chi connectivity index (χ2n) is 6.21. The fourth-order valence-electron chi connectivity index (χ4n) is 3.01. The number of carbonyl (C=O) groups excluding carboxylic acids is 2. The second-order valence-corrected chi connectivity index (χ2v) is 7.03. The Labute approximate surface area is 158 Å². The lowest BCUT2D eigenvalue weighted by Gasteiger charge is -2.38. The highest BCUT2D eigenvalue weighted by atomic mass is 35.5. The van der Waals surface area contributed by atoms with Crippen LogP contribution in [0.1, 0.15) is 0 Å². The summed E-state index contributed by atoms with van der Waals surface area (Å²) in [5, 5.41) is 5.93. The van der Waals surface area contributed by atoms with E-state index in [2.05, 4.69) is 10.3 Å². The van der Waals surface area contributed by atoms with Gasteiger partial charge in [-0.15, -0.1) is 0 Å². The van der Waals surface area contributed by atoms with Gasteiger partial charge in [0.15, 0.2) is 0 Å². The molecule has 1 unspecified atom stereocenters. The summed E-state index contributed by atoms with van der Waals surface area (Å²) in [6.07, 6.45) is -5.31. The number of hydrogen-bond donors (Lipinski definition) is 3. The van der Waals surface area contributed by atoms with Gasteiger partial charge in [0, 0.05) is 13.1 Å². The van der Waals surface area contributed by atoms with Gasteiger partial charge >= 0.3 is 6.18 Å². The quantitative estimate of drug-likeness (QED) is 0.641. The molecular formula is C14H9Cl2F4N5O2. The SMILES string of the molecule is O=C(NC1(C(F)(F)F)C(=O)Nc2nc3cc(Cl)c(Cl)cc3n21)C1(F)CNC1. The van der Waals surface area contributed by atoms with Gasteiger partial charge in [-0.25, -0.2) is 9.37 Å². The van der Waals surface area contributed by atoms with Crippen molar-refractivity contribution in [1.82, 2.24) is 20.2 Å². The van der Waals surface area contributed by atoms with Gasteiger partial charge in [0.05, 0.1) is 21.1 Å². The molecule has 0 spiro atoms. The molecule has 0 aliphatic carbocycles. The van der Waals surface area contributed by atoms with Crippen molar-refractivity contribution in [3.63, 3.8) is 0 Å². The molecule has 1 atom stereocenters. The van der Waals surface area contributed by atoms with E-state index in [1.54, 1.807) is 5.32 Å². The Bertz CT molecular complexity index is 1000. The van der Waals surface area contributed by atoms with E-state index in [4.69, 9.17) is 23.2 Å². The predicted molar refractivity (Wildman–Crippen MR) is 87.3 cm³/mol. The number of alkyl halides is 4. The van der Waals surface area contributed by atoms with E-state index in [1.165, 1.54) is 6.07 Å². The summed E-state index contributed by atoms with van der Waals surface area (Å²) in [5.74, 6) is -3.66. The summed E-state index contributed by atoms with van der Waals surface area (Å²) in [6.45, 7) is -0.930. The van der Waals surface area contributed by atoms with Crippen LogP contribution in [0.2, 0.25) is 10.0 Å². The lowest BCUT2D eigenvalue weighted by atomic mass is 9.96. The van der Waals surface area contributed by atoms with Gasteiger partial charge in [0.1, 0.15) is 0 Å². The number of nitrogens with one attached hydrogen (secondary N) is 3. The number of nitrogens with zero attached hydrogens (tertiary/aromatic N) is 2. The standard InChI is InChI=1S/C14H9Cl2F4N5O2/c15-5-1-7-8(2-6(5)16)25-11(22-7)23-10(27)13(25,14(18,19)20)24-9(26)12(17)3-21-4-12/h1-2,21H,3-4H2,(H,24,26)(H,22,23,27). The number of halogens is 6. The summed E-state index contributed by atoms with van der Waals surface area (Å²) in [7, 11) is 0. The highest BCUT2D eigenvalue weighted by molar-refractivity contribution is 6.42. The van der Waals surface area contributed by atoms with Crippen molar-refractivity contribution in [3.05, 3.63) is 22.2 Å². The Kier molecular flexibility index (Phi) is 3.69. The highest BCUT2D eigenvalue weighted by Crippen LogP contribution is 2.45. The zero-order valence-electron chi connectivity index (χ0n) is 13.0. The zero-order chi connectivity index (χ0) is 19.8. The second kappa shape index (κ2) is 5.46. The van der Waals surface area contributed by atoms with Gasteiger partial charge in [-0.05, 0) is 12.1 Å². The van der Waals surface area contributed by atoms with Crippen molar-refractivity contribution in [3.8, 4) is 0 Å². The molecule has 1 saturated heterocycles. The summed E-state index contributed by atoms with van der Waals surface area (Å²) in [6, 6.07) is 2.30. The van der Waals surface area contributed by atoms with Crippen molar-refractivity contribution in [2.45, 2.75) is 17.5 Å². The molecule has 2 aliphatic rings. The molecule has 27 heavy (non-hydrogen) atoms. The fourth-order valence-corrected chi connectivity index (χ4v) is 3.33. The molecule has 7 nitrogen and oxygen atoms in total. The number of aromatic nitrogens is 2. The van der Waals surface area contributed by atoms with Crippen molar-refractivity contribution in [2.24, 2.45) is 0 Å². The molecule has 3 N–H and O–H groups in total. The van der Waals surface area contributed by atoms with Crippen LogP contribution in [0.15, 0.2) is 12.1 Å². The van der Waals surface area contributed by atoms with E-state index in [0.717, 1.165) is 6.07 Å². The van der Waals surface area contributed by atoms with Gasteiger partial charge in [0.2, 0.25) is 11.6 Å². The van der Waals surface area contributed by atoms with Crippen LogP contribution in [0.3, 0.4) is 0 Å². The minimum atomic E-state index is -5.31. The third kappa shape index (κ3) is 2.34. The fraction of sp³-hybridized carbons (Fsp3) is 0.357.